The maximum Gasteiger partial charge on any atom is 0.212 e. The predicted molar refractivity (Wildman–Crippen MR) is 86.8 cm³/mol. The zero-order valence-corrected chi connectivity index (χ0v) is 13.1. The number of halogens is 1. The molecule has 0 aliphatic carbocycles. The van der Waals surface area contributed by atoms with Crippen molar-refractivity contribution < 1.29 is 14.2 Å². The second-order valence-electron chi connectivity index (χ2n) is 6.05. The Morgan fingerprint density at radius 2 is 2.04 bits per heavy atom. The lowest BCUT2D eigenvalue weighted by atomic mass is 10.0. The summed E-state index contributed by atoms with van der Waals surface area (Å²) in [5, 5.41) is 15.9. The molecule has 1 aliphatic rings. The summed E-state index contributed by atoms with van der Waals surface area (Å²) in [6.45, 7) is 0.764. The number of fused-ring (bicyclic) bond motifs is 1. The lowest BCUT2D eigenvalue weighted by Gasteiger charge is -2.23. The summed E-state index contributed by atoms with van der Waals surface area (Å²) in [6.07, 6.45) is 5.46. The Morgan fingerprint density at radius 1 is 1.17 bits per heavy atom. The van der Waals surface area contributed by atoms with Crippen LogP contribution in [0, 0.1) is 5.95 Å². The van der Waals surface area contributed by atoms with Gasteiger partial charge in [0.15, 0.2) is 6.23 Å². The Hall–Kier alpha value is -2.31. The average Bonchev–Trinajstić information content (AvgIpc) is 3.05. The van der Waals surface area contributed by atoms with Crippen LogP contribution >= 0.6 is 0 Å². The molecule has 1 aromatic carbocycles. The van der Waals surface area contributed by atoms with Crippen molar-refractivity contribution in [3.8, 4) is 0 Å². The first-order valence-corrected chi connectivity index (χ1v) is 8.11. The van der Waals surface area contributed by atoms with Gasteiger partial charge in [-0.25, -0.2) is 9.67 Å². The molecule has 1 fully saturated rings. The van der Waals surface area contributed by atoms with Crippen molar-refractivity contribution >= 4 is 10.9 Å². The highest BCUT2D eigenvalue weighted by molar-refractivity contribution is 5.79. The smallest absolute Gasteiger partial charge is 0.212 e. The third-order valence-corrected chi connectivity index (χ3v) is 4.43. The van der Waals surface area contributed by atoms with Gasteiger partial charge in [0.05, 0.1) is 11.7 Å². The largest absolute Gasteiger partial charge is 0.384 e. The number of pyridine rings is 1. The zero-order valence-electron chi connectivity index (χ0n) is 13.1. The molecule has 0 radical (unpaired) electrons. The number of rotatable bonds is 3. The van der Waals surface area contributed by atoms with Crippen molar-refractivity contribution in [3.05, 3.63) is 59.8 Å². The summed E-state index contributed by atoms with van der Waals surface area (Å²) in [5.74, 6) is -0.560. The minimum atomic E-state index is -0.850. The van der Waals surface area contributed by atoms with E-state index in [1.807, 2.05) is 22.9 Å². The fourth-order valence-electron chi connectivity index (χ4n) is 3.13. The van der Waals surface area contributed by atoms with E-state index in [2.05, 4.69) is 10.1 Å². The number of aliphatic hydroxyl groups is 1. The number of ether oxygens (including phenoxy) is 1. The molecule has 3 heterocycles. The minimum Gasteiger partial charge on any atom is -0.384 e. The van der Waals surface area contributed by atoms with E-state index in [0.717, 1.165) is 42.3 Å². The third kappa shape index (κ3) is 2.79. The van der Waals surface area contributed by atoms with Gasteiger partial charge in [-0.3, -0.25) is 0 Å². The first-order chi connectivity index (χ1) is 11.7. The van der Waals surface area contributed by atoms with Crippen LogP contribution in [-0.4, -0.2) is 26.5 Å². The topological polar surface area (TPSA) is 60.2 Å². The van der Waals surface area contributed by atoms with Crippen molar-refractivity contribution in [2.24, 2.45) is 0 Å². The second-order valence-corrected chi connectivity index (χ2v) is 6.05. The molecule has 0 saturated carbocycles. The summed E-state index contributed by atoms with van der Waals surface area (Å²) in [5.41, 5.74) is 2.26. The van der Waals surface area contributed by atoms with Gasteiger partial charge in [-0.05, 0) is 43.0 Å². The number of hydrogen-bond acceptors (Lipinski definition) is 4. The Balaban J connectivity index is 1.65. The molecule has 1 aliphatic heterocycles. The van der Waals surface area contributed by atoms with Crippen LogP contribution in [0.25, 0.3) is 10.9 Å². The lowest BCUT2D eigenvalue weighted by Crippen LogP contribution is -2.18. The Kier molecular flexibility index (Phi) is 4.00. The lowest BCUT2D eigenvalue weighted by molar-refractivity contribution is -0.0366. The first kappa shape index (κ1) is 15.2. The molecule has 2 aromatic heterocycles. The van der Waals surface area contributed by atoms with Crippen LogP contribution in [0.5, 0.6) is 0 Å². The van der Waals surface area contributed by atoms with Gasteiger partial charge in [0.1, 0.15) is 6.10 Å². The van der Waals surface area contributed by atoms with Crippen LogP contribution < -0.4 is 0 Å². The highest BCUT2D eigenvalue weighted by Gasteiger charge is 2.19. The molecule has 0 spiro atoms. The molecule has 2 unspecified atom stereocenters. The second kappa shape index (κ2) is 6.30. The van der Waals surface area contributed by atoms with E-state index >= 15 is 0 Å². The minimum absolute atomic E-state index is 0.0201. The molecule has 5 nitrogen and oxygen atoms in total. The van der Waals surface area contributed by atoms with Gasteiger partial charge in [-0.2, -0.15) is 9.49 Å². The van der Waals surface area contributed by atoms with Crippen LogP contribution in [0.1, 0.15) is 42.7 Å². The number of aromatic nitrogens is 3. The molecule has 6 heteroatoms. The molecule has 3 aromatic rings. The summed E-state index contributed by atoms with van der Waals surface area (Å²) in [7, 11) is 0. The van der Waals surface area contributed by atoms with E-state index in [1.165, 1.54) is 18.3 Å². The highest BCUT2D eigenvalue weighted by Crippen LogP contribution is 2.29. The zero-order chi connectivity index (χ0) is 16.5. The number of aliphatic hydroxyl groups excluding tert-OH is 1. The van der Waals surface area contributed by atoms with E-state index in [0.29, 0.717) is 5.56 Å². The first-order valence-electron chi connectivity index (χ1n) is 8.11. The van der Waals surface area contributed by atoms with Gasteiger partial charge in [0.25, 0.3) is 0 Å². The molecule has 124 valence electrons. The normalized spacial score (nSPS) is 19.5. The molecule has 1 N–H and O–H groups in total. The molecule has 4 rings (SSSR count). The van der Waals surface area contributed by atoms with E-state index in [1.54, 1.807) is 6.20 Å². The van der Waals surface area contributed by atoms with Gasteiger partial charge in [-0.15, -0.1) is 0 Å². The van der Waals surface area contributed by atoms with E-state index in [4.69, 9.17) is 4.74 Å². The average molecular weight is 327 g/mol. The Bertz CT molecular complexity index is 841. The van der Waals surface area contributed by atoms with Crippen molar-refractivity contribution in [1.29, 1.82) is 0 Å². The summed E-state index contributed by atoms with van der Waals surface area (Å²) in [4.78, 5) is 3.59. The maximum absolute atomic E-state index is 12.9. The van der Waals surface area contributed by atoms with Crippen molar-refractivity contribution in [1.82, 2.24) is 14.8 Å². The summed E-state index contributed by atoms with van der Waals surface area (Å²) >= 11 is 0. The van der Waals surface area contributed by atoms with Crippen LogP contribution in [0.4, 0.5) is 4.39 Å². The van der Waals surface area contributed by atoms with Gasteiger partial charge in [-0.1, -0.05) is 12.1 Å². The Labute approximate surface area is 138 Å². The molecule has 24 heavy (non-hydrogen) atoms. The number of hydrogen-bond donors (Lipinski definition) is 1. The van der Waals surface area contributed by atoms with Gasteiger partial charge < -0.3 is 9.84 Å². The standard InChI is InChI=1S/C18H18FN3O2/c19-16-7-5-13(10-20-16)18(23)12-4-6-15-14(9-12)11-21-22(15)17-3-1-2-8-24-17/h4-7,9-11,17-18,23H,1-3,8H2. The predicted octanol–water partition coefficient (Wildman–Crippen LogP) is 3.35. The fraction of sp³-hybridized carbons (Fsp3) is 0.333. The monoisotopic (exact) mass is 327 g/mol. The number of nitrogens with zero attached hydrogens (tertiary/aromatic N) is 3. The van der Waals surface area contributed by atoms with E-state index in [9.17, 15) is 9.50 Å². The Morgan fingerprint density at radius 3 is 2.79 bits per heavy atom. The molecule has 0 bridgehead atoms. The van der Waals surface area contributed by atoms with Gasteiger partial charge >= 0.3 is 0 Å². The third-order valence-electron chi connectivity index (χ3n) is 4.43. The van der Waals surface area contributed by atoms with Gasteiger partial charge in [0, 0.05) is 23.8 Å². The van der Waals surface area contributed by atoms with Crippen LogP contribution in [-0.2, 0) is 4.74 Å². The molecule has 1 saturated heterocycles. The summed E-state index contributed by atoms with van der Waals surface area (Å²) < 4.78 is 20.6. The quantitative estimate of drug-likeness (QED) is 0.750. The van der Waals surface area contributed by atoms with Crippen molar-refractivity contribution in [2.45, 2.75) is 31.6 Å². The van der Waals surface area contributed by atoms with E-state index < -0.39 is 12.1 Å². The molecule has 2 atom stereocenters. The van der Waals surface area contributed by atoms with Crippen LogP contribution in [0.15, 0.2) is 42.7 Å². The molecule has 0 amide bonds. The van der Waals surface area contributed by atoms with Crippen molar-refractivity contribution in [2.75, 3.05) is 6.61 Å². The SMILES string of the molecule is OC(c1ccc(F)nc1)c1ccc2c(cnn2C2CCCCO2)c1. The van der Waals surface area contributed by atoms with E-state index in [-0.39, 0.29) is 6.23 Å². The van der Waals surface area contributed by atoms with Crippen molar-refractivity contribution in [3.63, 3.8) is 0 Å². The molecular weight excluding hydrogens is 309 g/mol. The fourth-order valence-corrected chi connectivity index (χ4v) is 3.13. The highest BCUT2D eigenvalue weighted by atomic mass is 19.1. The summed E-state index contributed by atoms with van der Waals surface area (Å²) in [6, 6.07) is 8.48. The number of benzene rings is 1. The molecular formula is C18H18FN3O2. The maximum atomic E-state index is 12.9. The van der Waals surface area contributed by atoms with Crippen LogP contribution in [0.2, 0.25) is 0 Å². The van der Waals surface area contributed by atoms with Gasteiger partial charge in [0.2, 0.25) is 5.95 Å². The van der Waals surface area contributed by atoms with Crippen LogP contribution in [0.3, 0.4) is 0 Å².